The van der Waals surface area contributed by atoms with Crippen molar-refractivity contribution >= 4 is 30.1 Å². The van der Waals surface area contributed by atoms with Gasteiger partial charge in [-0.25, -0.2) is 0 Å². The van der Waals surface area contributed by atoms with Crippen LogP contribution in [0.15, 0.2) is 72.9 Å². The van der Waals surface area contributed by atoms with E-state index >= 15 is 0 Å². The lowest BCUT2D eigenvalue weighted by Gasteiger charge is -2.15. The highest BCUT2D eigenvalue weighted by atomic mass is 16.5. The number of Topliss-reactive ketones (excluding diaryl/α,β-unsaturated/α-hetero) is 1. The summed E-state index contributed by atoms with van der Waals surface area (Å²) in [5, 5.41) is 4.46. The molecule has 0 saturated heterocycles. The van der Waals surface area contributed by atoms with E-state index in [1.165, 1.54) is 38.5 Å². The summed E-state index contributed by atoms with van der Waals surface area (Å²) in [4.78, 5) is 20.1. The van der Waals surface area contributed by atoms with Crippen molar-refractivity contribution in [3.05, 3.63) is 116 Å². The summed E-state index contributed by atoms with van der Waals surface area (Å²) in [6.45, 7) is 7.78. The summed E-state index contributed by atoms with van der Waals surface area (Å²) < 4.78 is 22.2. The molecule has 51 heavy (non-hydrogen) atoms. The lowest BCUT2D eigenvalue weighted by atomic mass is 10.0. The molecule has 2 aromatic carbocycles. The van der Waals surface area contributed by atoms with Crippen LogP contribution in [0.5, 0.6) is 23.0 Å². The first kappa shape index (κ1) is 33.8. The largest absolute Gasteiger partial charge is 0.493 e. The molecule has 2 aromatic heterocycles. The zero-order valence-corrected chi connectivity index (χ0v) is 29.8. The number of fused-ring (bicyclic) bond motifs is 10. The highest BCUT2D eigenvalue weighted by molar-refractivity contribution is 6.04. The minimum absolute atomic E-state index is 0.154. The molecule has 0 fully saturated rings. The summed E-state index contributed by atoms with van der Waals surface area (Å²) in [6.07, 6.45) is 22.7. The highest BCUT2D eigenvalue weighted by Crippen LogP contribution is 2.42. The van der Waals surface area contributed by atoms with E-state index in [9.17, 15) is 4.79 Å². The molecule has 4 aliphatic carbocycles. The Bertz CT molecular complexity index is 2400. The number of carbonyl (C=O) groups is 1. The maximum absolute atomic E-state index is 13.0. The van der Waals surface area contributed by atoms with Crippen LogP contribution in [0.1, 0.15) is 52.7 Å². The summed E-state index contributed by atoms with van der Waals surface area (Å²) in [7, 11) is 6.67. The van der Waals surface area contributed by atoms with Gasteiger partial charge in [-0.15, -0.1) is 0 Å². The third kappa shape index (κ3) is 5.97. The molecule has 260 valence electrons. The zero-order chi connectivity index (χ0) is 35.6. The number of aromatic amines is 2. The van der Waals surface area contributed by atoms with Gasteiger partial charge in [-0.1, -0.05) is 49.6 Å². The number of rotatable bonds is 6. The van der Waals surface area contributed by atoms with Gasteiger partial charge in [-0.05, 0) is 96.9 Å². The second-order valence-electron chi connectivity index (χ2n) is 12.9. The average Bonchev–Trinajstić information content (AvgIpc) is 3.34. The summed E-state index contributed by atoms with van der Waals surface area (Å²) >= 11 is 0. The lowest BCUT2D eigenvalue weighted by Crippen LogP contribution is -2.26. The van der Waals surface area contributed by atoms with Crippen LogP contribution >= 0.6 is 0 Å². The Morgan fingerprint density at radius 1 is 0.608 bits per heavy atom. The van der Waals surface area contributed by atoms with E-state index in [-0.39, 0.29) is 5.78 Å². The fourth-order valence-corrected chi connectivity index (χ4v) is 7.88. The molecule has 2 N–H and O–H groups in total. The van der Waals surface area contributed by atoms with Gasteiger partial charge >= 0.3 is 0 Å². The fraction of sp³-hybridized carbons (Fsp3) is 0.250. The number of methoxy groups -OCH3 is 4. The van der Waals surface area contributed by atoms with E-state index in [4.69, 9.17) is 18.9 Å². The first-order valence-corrected chi connectivity index (χ1v) is 17.5. The summed E-state index contributed by atoms with van der Waals surface area (Å²) in [6, 6.07) is 8.06. The van der Waals surface area contributed by atoms with E-state index in [0.717, 1.165) is 82.1 Å². The Hall–Kier alpha value is -5.69. The number of H-pyrrole nitrogens is 2. The first-order valence-electron chi connectivity index (χ1n) is 17.5. The van der Waals surface area contributed by atoms with Crippen LogP contribution in [0.3, 0.4) is 0 Å². The Morgan fingerprint density at radius 3 is 1.73 bits per heavy atom. The van der Waals surface area contributed by atoms with Gasteiger partial charge in [-0.3, -0.25) is 4.79 Å². The van der Waals surface area contributed by atoms with Crippen LogP contribution in [0.25, 0.3) is 46.8 Å². The molecule has 0 amide bonds. The highest BCUT2D eigenvalue weighted by Gasteiger charge is 2.27. The molecule has 0 aliphatic heterocycles. The molecule has 4 aromatic rings. The van der Waals surface area contributed by atoms with Crippen molar-refractivity contribution < 1.29 is 23.7 Å². The molecule has 0 unspecified atom stereocenters. The topological polar surface area (TPSA) is 85.6 Å². The number of nitrogens with one attached hydrogen (secondary N) is 2. The van der Waals surface area contributed by atoms with Crippen LogP contribution < -0.4 is 40.1 Å². The first-order chi connectivity index (χ1) is 24.9. The van der Waals surface area contributed by atoms with Crippen molar-refractivity contribution in [3.8, 4) is 45.5 Å². The minimum atomic E-state index is 0.154. The number of allylic oxidation sites excluding steroid dienone is 6. The van der Waals surface area contributed by atoms with E-state index in [0.29, 0.717) is 24.3 Å². The van der Waals surface area contributed by atoms with Gasteiger partial charge in [0, 0.05) is 44.6 Å². The summed E-state index contributed by atoms with van der Waals surface area (Å²) in [5.74, 6) is 3.20. The molecule has 4 aliphatic rings. The number of aromatic nitrogens is 2. The van der Waals surface area contributed by atoms with Gasteiger partial charge in [0.05, 0.1) is 45.4 Å². The monoisotopic (exact) mass is 680 g/mol. The normalized spacial score (nSPS) is 15.2. The molecular weight excluding hydrogens is 636 g/mol. The second-order valence-corrected chi connectivity index (χ2v) is 12.9. The van der Waals surface area contributed by atoms with E-state index < -0.39 is 0 Å². The molecule has 0 radical (unpaired) electrons. The minimum Gasteiger partial charge on any atom is -0.493 e. The maximum atomic E-state index is 13.0. The number of hydrogen-bond acceptors (Lipinski definition) is 5. The molecule has 0 saturated carbocycles. The van der Waals surface area contributed by atoms with Gasteiger partial charge in [0.15, 0.2) is 28.8 Å². The number of carbonyl (C=O) groups excluding carboxylic acids is 1. The molecule has 0 spiro atoms. The molecule has 7 heteroatoms. The smallest absolute Gasteiger partial charge is 0.165 e. The van der Waals surface area contributed by atoms with E-state index in [1.54, 1.807) is 28.4 Å². The van der Waals surface area contributed by atoms with Gasteiger partial charge in [-0.2, -0.15) is 0 Å². The number of hydrogen-bond donors (Lipinski definition) is 2. The van der Waals surface area contributed by atoms with E-state index in [1.807, 2.05) is 36.4 Å². The Morgan fingerprint density at radius 2 is 1.14 bits per heavy atom. The molecule has 0 bridgehead atoms. The van der Waals surface area contributed by atoms with Crippen molar-refractivity contribution in [2.45, 2.75) is 44.9 Å². The molecular formula is C44H44N2O5. The number of benzene rings is 2. The molecule has 8 rings (SSSR count). The van der Waals surface area contributed by atoms with Crippen molar-refractivity contribution in [3.63, 3.8) is 0 Å². The Labute approximate surface area is 298 Å². The van der Waals surface area contributed by atoms with E-state index in [2.05, 4.69) is 59.6 Å². The van der Waals surface area contributed by atoms with Crippen LogP contribution in [-0.2, 0) is 19.3 Å². The number of ketones is 1. The predicted molar refractivity (Wildman–Crippen MR) is 205 cm³/mol. The predicted octanol–water partition coefficient (Wildman–Crippen LogP) is 6.17. The lowest BCUT2D eigenvalue weighted by molar-refractivity contribution is 0.0983. The molecule has 0 atom stereocenters. The Balaban J connectivity index is 0.000000159. The number of ether oxygens (including phenoxy) is 4. The molecule has 2 heterocycles. The second kappa shape index (κ2) is 14.3. The average molecular weight is 681 g/mol. The van der Waals surface area contributed by atoms with Crippen LogP contribution in [0, 0.1) is 0 Å². The van der Waals surface area contributed by atoms with Gasteiger partial charge in [0.2, 0.25) is 0 Å². The molecule has 7 nitrogen and oxygen atoms in total. The third-order valence-corrected chi connectivity index (χ3v) is 10.3. The van der Waals surface area contributed by atoms with Crippen molar-refractivity contribution in [2.75, 3.05) is 28.4 Å². The summed E-state index contributed by atoms with van der Waals surface area (Å²) in [5.41, 5.74) is 11.0. The van der Waals surface area contributed by atoms with Gasteiger partial charge < -0.3 is 28.9 Å². The zero-order valence-electron chi connectivity index (χ0n) is 29.8. The quantitative estimate of drug-likeness (QED) is 0.255. The van der Waals surface area contributed by atoms with Crippen LogP contribution in [0.2, 0.25) is 0 Å². The fourth-order valence-electron chi connectivity index (χ4n) is 7.88. The van der Waals surface area contributed by atoms with Gasteiger partial charge in [0.25, 0.3) is 0 Å². The van der Waals surface area contributed by atoms with Crippen molar-refractivity contribution in [2.24, 2.45) is 0 Å². The van der Waals surface area contributed by atoms with Crippen molar-refractivity contribution in [1.82, 2.24) is 9.97 Å². The Kier molecular flexibility index (Phi) is 9.46. The van der Waals surface area contributed by atoms with Crippen molar-refractivity contribution in [1.29, 1.82) is 0 Å². The third-order valence-electron chi connectivity index (χ3n) is 10.3. The van der Waals surface area contributed by atoms with Crippen LogP contribution in [-0.4, -0.2) is 44.2 Å². The van der Waals surface area contributed by atoms with Gasteiger partial charge in [0.1, 0.15) is 0 Å². The SMILES string of the molecule is C=CC1=CCC=c2c3c([nH]c2=C1)-c1ccc(OC)c(OC)c1CCC3.C=CC1=CCC=c2c3c([nH]c2=C1)-c1ccc(OC)c(OC)c1CCC3=O. The standard InChI is InChI=1S/C22H21NO3.C22H23NO2/c1-4-13-6-5-7-16-17(12-13)23-21-14-9-11-19(25-2)22(26-3)15(14)8-10-18(24)20(16)21;1-4-14-7-5-8-15-16-9-6-10-18-17(21(16)23-19(15)13-14)11-12-20(24-2)22(18)25-3/h4,6-7,9,11-12,23H,1,5,8,10H2,2-3H3;4,7-8,11-13,23H,1,5-6,9-10H2,2-3H3. The maximum Gasteiger partial charge on any atom is 0.165 e. The van der Waals surface area contributed by atoms with Crippen LogP contribution in [0.4, 0.5) is 0 Å².